The molecular formula is C80H128O39. The average Bonchev–Trinajstić information content (AvgIpc) is 1.11. The summed E-state index contributed by atoms with van der Waals surface area (Å²) in [5, 5.41) is 244. The Bertz CT molecular complexity index is 3510. The van der Waals surface area contributed by atoms with Gasteiger partial charge in [-0.25, -0.2) is 4.79 Å². The van der Waals surface area contributed by atoms with Crippen molar-refractivity contribution in [1.29, 1.82) is 0 Å². The van der Waals surface area contributed by atoms with Crippen molar-refractivity contribution in [1.82, 2.24) is 0 Å². The lowest BCUT2D eigenvalue weighted by Gasteiger charge is -2.72. The van der Waals surface area contributed by atoms with Gasteiger partial charge in [-0.1, -0.05) is 72.3 Å². The number of hydrogen-bond donors (Lipinski definition) is 22. The van der Waals surface area contributed by atoms with E-state index in [-0.39, 0.29) is 43.1 Å². The predicted molar refractivity (Wildman–Crippen MR) is 398 cm³/mol. The highest BCUT2D eigenvalue weighted by atomic mass is 16.8. The number of fused-ring (bicyclic) bond motifs is 7. The van der Waals surface area contributed by atoms with Gasteiger partial charge in [-0.3, -0.25) is 4.79 Å². The lowest BCUT2D eigenvalue weighted by Crippen LogP contribution is -2.70. The van der Waals surface area contributed by atoms with Crippen LogP contribution in [0.3, 0.4) is 0 Å². The maximum absolute atomic E-state index is 16.5. The summed E-state index contributed by atoms with van der Waals surface area (Å²) in [5.74, 6) is -3.44. The molecule has 119 heavy (non-hydrogen) atoms. The normalized spacial score (nSPS) is 51.0. The number of carbonyl (C=O) groups is 2. The van der Waals surface area contributed by atoms with E-state index in [0.29, 0.717) is 32.1 Å². The third-order valence-corrected chi connectivity index (χ3v) is 29.3. The second kappa shape index (κ2) is 36.5. The molecule has 4 saturated carbocycles. The number of aliphatic hydroxyl groups excluding tert-OH is 21. The smallest absolute Gasteiger partial charge is 0.336 e. The fraction of sp³-hybridized carbons (Fsp3) is 0.900. The quantitative estimate of drug-likeness (QED) is 0.0175. The number of rotatable bonds is 25. The van der Waals surface area contributed by atoms with Gasteiger partial charge in [-0.2, -0.15) is 0 Å². The van der Waals surface area contributed by atoms with Crippen LogP contribution in [-0.2, 0) is 80.6 Å². The first-order chi connectivity index (χ1) is 55.8. The Hall–Kier alpha value is -3.24. The molecule has 0 aromatic heterocycles. The van der Waals surface area contributed by atoms with Gasteiger partial charge in [0.1, 0.15) is 152 Å². The zero-order valence-corrected chi connectivity index (χ0v) is 68.5. The van der Waals surface area contributed by atoms with Gasteiger partial charge in [0, 0.05) is 11.8 Å². The Morgan fingerprint density at radius 3 is 1.65 bits per heavy atom. The molecule has 0 aromatic rings. The van der Waals surface area contributed by atoms with E-state index < -0.39 is 323 Å². The maximum atomic E-state index is 16.5. The van der Waals surface area contributed by atoms with Crippen molar-refractivity contribution in [2.45, 2.75) is 360 Å². The van der Waals surface area contributed by atoms with Crippen LogP contribution in [0.1, 0.15) is 133 Å². The molecule has 0 spiro atoms. The molecule has 39 nitrogen and oxygen atoms in total. The van der Waals surface area contributed by atoms with E-state index in [1.165, 1.54) is 32.9 Å². The minimum atomic E-state index is -2.24. The highest BCUT2D eigenvalue weighted by Crippen LogP contribution is 2.76. The van der Waals surface area contributed by atoms with E-state index in [9.17, 15) is 117 Å². The zero-order chi connectivity index (χ0) is 87.4. The van der Waals surface area contributed by atoms with Crippen LogP contribution in [0.5, 0.6) is 0 Å². The molecule has 12 aliphatic rings. The van der Waals surface area contributed by atoms with E-state index in [4.69, 9.17) is 71.1 Å². The van der Waals surface area contributed by atoms with Crippen molar-refractivity contribution in [3.8, 4) is 0 Å². The van der Waals surface area contributed by atoms with Gasteiger partial charge in [0.2, 0.25) is 6.29 Å². The van der Waals surface area contributed by atoms with Crippen molar-refractivity contribution in [3.05, 3.63) is 36.0 Å². The Balaban J connectivity index is 0.827. The van der Waals surface area contributed by atoms with Crippen molar-refractivity contribution in [2.24, 2.45) is 50.2 Å². The van der Waals surface area contributed by atoms with Crippen LogP contribution in [0.15, 0.2) is 36.0 Å². The summed E-state index contributed by atoms with van der Waals surface area (Å²) in [6.07, 6.45) is -55.2. The summed E-state index contributed by atoms with van der Waals surface area (Å²) in [6, 6.07) is 0. The number of esters is 2. The first kappa shape index (κ1) is 94.9. The number of allylic oxidation sites excluding steroid dienone is 3. The van der Waals surface area contributed by atoms with Crippen molar-refractivity contribution in [2.75, 3.05) is 39.6 Å². The summed E-state index contributed by atoms with van der Waals surface area (Å²) < 4.78 is 91.3. The van der Waals surface area contributed by atoms with Gasteiger partial charge in [0.15, 0.2) is 43.8 Å². The fourth-order valence-corrected chi connectivity index (χ4v) is 21.6. The van der Waals surface area contributed by atoms with Gasteiger partial charge < -0.3 is 183 Å². The molecule has 11 fully saturated rings. The van der Waals surface area contributed by atoms with Gasteiger partial charge in [-0.15, -0.1) is 6.58 Å². The third-order valence-electron chi connectivity index (χ3n) is 29.3. The van der Waals surface area contributed by atoms with Crippen LogP contribution in [0.25, 0.3) is 0 Å². The molecule has 22 N–H and O–H groups in total. The van der Waals surface area contributed by atoms with Crippen molar-refractivity contribution in [3.63, 3.8) is 0 Å². The van der Waals surface area contributed by atoms with Crippen LogP contribution in [-0.4, -0.2) is 391 Å². The summed E-state index contributed by atoms with van der Waals surface area (Å²) in [6.45, 7) is 17.7. The van der Waals surface area contributed by atoms with Crippen LogP contribution < -0.4 is 0 Å². The van der Waals surface area contributed by atoms with Gasteiger partial charge in [0.05, 0.1) is 75.2 Å². The Morgan fingerprint density at radius 1 is 0.521 bits per heavy atom. The van der Waals surface area contributed by atoms with E-state index in [2.05, 4.69) is 47.3 Å². The summed E-state index contributed by atoms with van der Waals surface area (Å²) in [5.41, 5.74) is -6.85. The molecule has 44 atom stereocenters. The second-order valence-electron chi connectivity index (χ2n) is 37.3. The molecule has 4 unspecified atom stereocenters. The molecule has 12 rings (SSSR count). The Kier molecular flexibility index (Phi) is 29.1. The third kappa shape index (κ3) is 17.4. The first-order valence-corrected chi connectivity index (χ1v) is 41.4. The van der Waals surface area contributed by atoms with Crippen LogP contribution in [0, 0.1) is 50.2 Å². The number of aliphatic hydroxyl groups is 22. The van der Waals surface area contributed by atoms with Crippen molar-refractivity contribution < 1.29 is 193 Å². The molecule has 39 heteroatoms. The fourth-order valence-electron chi connectivity index (χ4n) is 21.6. The molecule has 7 saturated heterocycles. The minimum absolute atomic E-state index is 0.0158. The molecular weight excluding hydrogens is 1580 g/mol. The number of carbonyl (C=O) groups excluding carboxylic acids is 2. The predicted octanol–water partition coefficient (Wildman–Crippen LogP) is -6.10. The first-order valence-electron chi connectivity index (χ1n) is 41.4. The Morgan fingerprint density at radius 2 is 1.03 bits per heavy atom. The molecule has 0 amide bonds. The summed E-state index contributed by atoms with van der Waals surface area (Å²) in [4.78, 5) is 31.1. The van der Waals surface area contributed by atoms with Gasteiger partial charge in [-0.05, 0) is 118 Å². The molecule has 7 aliphatic heterocycles. The lowest BCUT2D eigenvalue weighted by atomic mass is 9.33. The van der Waals surface area contributed by atoms with Gasteiger partial charge in [0.25, 0.3) is 0 Å². The van der Waals surface area contributed by atoms with E-state index in [1.54, 1.807) is 0 Å². The monoisotopic (exact) mass is 1710 g/mol. The van der Waals surface area contributed by atoms with Gasteiger partial charge >= 0.3 is 11.9 Å². The second-order valence-corrected chi connectivity index (χ2v) is 37.3. The van der Waals surface area contributed by atoms with Crippen molar-refractivity contribution >= 4 is 11.9 Å². The Labute approximate surface area is 688 Å². The topological polar surface area (TPSA) is 618 Å². The molecule has 682 valence electrons. The summed E-state index contributed by atoms with van der Waals surface area (Å²) >= 11 is 0. The lowest BCUT2D eigenvalue weighted by molar-refractivity contribution is -0.390. The summed E-state index contributed by atoms with van der Waals surface area (Å²) in [7, 11) is 0. The van der Waals surface area contributed by atoms with E-state index in [0.717, 1.165) is 5.57 Å². The standard InChI is InChI=1S/C80H128O39/c1-12-76(8,104)19-13-14-33(25-81)65(102)113-45-24-80(73(103)119-72-64(55(96)49(90)38(27-83)111-72)118-70-60(101)62(116-69-59(100)52(93)48(89)37(26-82)109-69)61(32(3)108-70)115-68-57(98)50(91)39(28-84)110-68)35(22-74(45,4)5)34-15-16-42-77(9)20-18-44(75(6,7)41(77)17-21-78(42,10)79(34,11)23-43(80)86)114-67-58(99)53(94)51(92)40(112-67)30-106-71-63(54(95)46(87)31(2)107-71)117-66-56(97)47(88)36(85)29-105-66/h12,14-15,31-32,35-64,66-72,81-101,104H,1,13,16-30H2,2-11H3/b33-14+/t31-,32+,35?,36-,37-,38-,39+,40-,41?,42?,43-,44?,45+,46+,47+,48-,49-,50+,51-,52+,53+,54+,55+,56-,57-,58-,59-,60-,61+,62+,63-,64-,66+,67+,68+,69+,70+,71-,72+,76-,77+,78-,79-,80-/m1/s1. The highest BCUT2D eigenvalue weighted by molar-refractivity contribution is 5.89. The highest BCUT2D eigenvalue weighted by Gasteiger charge is 2.74. The SMILES string of the molecule is C=C[C@@](C)(O)CC/C=C(\CO)C(=O)O[C@H]1C[C@@]2(C(=O)O[C@@H]3O[C@H](CO)[C@@H](O)[C@H](O)[C@H]3O[C@@H]3O[C@@H](C)[C@H](O[C@@H]4O[C@@H](CO)[C@H](O)[C@H]4O)[C@@H](O[C@@H]4O[C@H](CO)[C@@H](O)[C@H](O)[C@H]4O)[C@H]3O)C(CC1(C)C)C1=CCC3[C@@]4(C)CCC(O[C@@H]5O[C@H](CO[C@@H]6O[C@H](C)[C@H](O)[C@H](O)[C@H]6O[C@@H]6OC[C@@H](O)[C@H](O)[C@H]6O)[C@@H](O)[C@H](O)[C@H]5O)C(C)(C)C4CC[C@@]3(C)[C@]1(C)C[C@H]2O. The van der Waals surface area contributed by atoms with Crippen LogP contribution in [0.2, 0.25) is 0 Å². The number of ether oxygens (including phenoxy) is 15. The minimum Gasteiger partial charge on any atom is -0.458 e. The average molecular weight is 1710 g/mol. The number of hydrogen-bond acceptors (Lipinski definition) is 39. The van der Waals surface area contributed by atoms with E-state index in [1.807, 2.05) is 13.8 Å². The van der Waals surface area contributed by atoms with E-state index >= 15 is 4.79 Å². The largest absolute Gasteiger partial charge is 0.458 e. The zero-order valence-electron chi connectivity index (χ0n) is 68.5. The molecule has 0 bridgehead atoms. The van der Waals surface area contributed by atoms with Crippen LogP contribution in [0.4, 0.5) is 0 Å². The molecule has 7 heterocycles. The van der Waals surface area contributed by atoms with Crippen LogP contribution >= 0.6 is 0 Å². The molecule has 0 radical (unpaired) electrons. The maximum Gasteiger partial charge on any atom is 0.336 e. The molecule has 0 aromatic carbocycles. The molecule has 5 aliphatic carbocycles.